The number of carboxylic acid groups (broad SMARTS) is 1. The maximum absolute atomic E-state index is 12.9. The van der Waals surface area contributed by atoms with Gasteiger partial charge >= 0.3 is 5.97 Å². The molecule has 0 bridgehead atoms. The molecule has 0 radical (unpaired) electrons. The second kappa shape index (κ2) is 6.32. The van der Waals surface area contributed by atoms with Crippen molar-refractivity contribution in [2.24, 2.45) is 11.3 Å². The maximum atomic E-state index is 12.9. The van der Waals surface area contributed by atoms with Crippen molar-refractivity contribution in [3.8, 4) is 11.5 Å². The Balaban J connectivity index is 1.87. The van der Waals surface area contributed by atoms with Crippen LogP contribution in [-0.2, 0) is 9.53 Å². The average molecular weight is 335 g/mol. The minimum Gasteiger partial charge on any atom is -0.497 e. The highest BCUT2D eigenvalue weighted by molar-refractivity contribution is 5.96. The largest absolute Gasteiger partial charge is 0.497 e. The number of hydrogen-bond acceptors (Lipinski definition) is 5. The fourth-order valence-electron chi connectivity index (χ4n) is 3.57. The third-order valence-corrected chi connectivity index (χ3v) is 5.02. The van der Waals surface area contributed by atoms with Crippen molar-refractivity contribution < 1.29 is 28.9 Å². The second-order valence-corrected chi connectivity index (χ2v) is 6.27. The lowest BCUT2D eigenvalue weighted by atomic mass is 9.74. The number of methoxy groups -OCH3 is 2. The minimum atomic E-state index is -0.906. The van der Waals surface area contributed by atoms with Crippen LogP contribution < -0.4 is 9.47 Å². The molecule has 0 saturated carbocycles. The first-order valence-electron chi connectivity index (χ1n) is 7.83. The van der Waals surface area contributed by atoms with Gasteiger partial charge in [-0.1, -0.05) is 0 Å². The van der Waals surface area contributed by atoms with Gasteiger partial charge in [0.05, 0.1) is 26.2 Å². The third-order valence-electron chi connectivity index (χ3n) is 5.02. The molecule has 2 fully saturated rings. The summed E-state index contributed by atoms with van der Waals surface area (Å²) < 4.78 is 15.8. The number of carbonyl (C=O) groups is 2. The van der Waals surface area contributed by atoms with Crippen LogP contribution in [0, 0.1) is 11.3 Å². The first-order valence-corrected chi connectivity index (χ1v) is 7.83. The van der Waals surface area contributed by atoms with Crippen LogP contribution in [0.3, 0.4) is 0 Å². The lowest BCUT2D eigenvalue weighted by Crippen LogP contribution is -2.45. The lowest BCUT2D eigenvalue weighted by molar-refractivity contribution is -0.157. The normalized spacial score (nSPS) is 25.9. The molecule has 7 nitrogen and oxygen atoms in total. The Labute approximate surface area is 140 Å². The Morgan fingerprint density at radius 1 is 1.25 bits per heavy atom. The highest BCUT2D eigenvalue weighted by Gasteiger charge is 2.54. The van der Waals surface area contributed by atoms with Crippen LogP contribution >= 0.6 is 0 Å². The van der Waals surface area contributed by atoms with Crippen LogP contribution in [0.25, 0.3) is 0 Å². The molecule has 2 aliphatic heterocycles. The highest BCUT2D eigenvalue weighted by atomic mass is 16.5. The summed E-state index contributed by atoms with van der Waals surface area (Å²) in [5.74, 6) is -0.215. The van der Waals surface area contributed by atoms with E-state index in [9.17, 15) is 14.7 Å². The van der Waals surface area contributed by atoms with Crippen molar-refractivity contribution in [1.29, 1.82) is 0 Å². The molecule has 3 rings (SSSR count). The van der Waals surface area contributed by atoms with Crippen molar-refractivity contribution >= 4 is 11.9 Å². The van der Waals surface area contributed by atoms with E-state index in [4.69, 9.17) is 14.2 Å². The molecule has 2 atom stereocenters. The number of amides is 1. The van der Waals surface area contributed by atoms with E-state index < -0.39 is 11.4 Å². The predicted molar refractivity (Wildman–Crippen MR) is 84.4 cm³/mol. The SMILES string of the molecule is COc1cc(OC)cc(C(=O)N2C[C@H]3COCC[C@@]3(C(=O)O)C2)c1. The van der Waals surface area contributed by atoms with Crippen molar-refractivity contribution in [3.05, 3.63) is 23.8 Å². The van der Waals surface area contributed by atoms with Gasteiger partial charge in [0.15, 0.2) is 0 Å². The Morgan fingerprint density at radius 2 is 1.92 bits per heavy atom. The molecule has 2 saturated heterocycles. The van der Waals surface area contributed by atoms with Gasteiger partial charge in [0.2, 0.25) is 0 Å². The summed E-state index contributed by atoms with van der Waals surface area (Å²) >= 11 is 0. The number of hydrogen-bond donors (Lipinski definition) is 1. The van der Waals surface area contributed by atoms with Gasteiger partial charge in [0.1, 0.15) is 11.5 Å². The average Bonchev–Trinajstić information content (AvgIpc) is 3.01. The summed E-state index contributed by atoms with van der Waals surface area (Å²) in [6.07, 6.45) is 0.429. The van der Waals surface area contributed by atoms with Crippen molar-refractivity contribution in [2.75, 3.05) is 40.5 Å². The number of benzene rings is 1. The van der Waals surface area contributed by atoms with E-state index in [2.05, 4.69) is 0 Å². The van der Waals surface area contributed by atoms with Crippen LogP contribution in [0.5, 0.6) is 11.5 Å². The smallest absolute Gasteiger partial charge is 0.311 e. The molecule has 1 aromatic rings. The first-order chi connectivity index (χ1) is 11.5. The quantitative estimate of drug-likeness (QED) is 0.892. The highest BCUT2D eigenvalue weighted by Crippen LogP contribution is 2.43. The summed E-state index contributed by atoms with van der Waals surface area (Å²) in [4.78, 5) is 26.3. The monoisotopic (exact) mass is 335 g/mol. The van der Waals surface area contributed by atoms with E-state index in [1.165, 1.54) is 14.2 Å². The topological polar surface area (TPSA) is 85.3 Å². The molecule has 0 unspecified atom stereocenters. The fraction of sp³-hybridized carbons (Fsp3) is 0.529. The third kappa shape index (κ3) is 2.69. The molecular weight excluding hydrogens is 314 g/mol. The van der Waals surface area contributed by atoms with Gasteiger partial charge < -0.3 is 24.2 Å². The van der Waals surface area contributed by atoms with Crippen molar-refractivity contribution in [2.45, 2.75) is 6.42 Å². The van der Waals surface area contributed by atoms with Gasteiger partial charge in [-0.25, -0.2) is 0 Å². The number of carbonyl (C=O) groups excluding carboxylic acids is 1. The standard InChI is InChI=1S/C17H21NO6/c1-22-13-5-11(6-14(7-13)23-2)15(19)18-8-12-9-24-4-3-17(12,10-18)16(20)21/h5-7,12H,3-4,8-10H2,1-2H3,(H,20,21)/t12-,17+/m0/s1. The first kappa shape index (κ1) is 16.6. The van der Waals surface area contributed by atoms with Crippen molar-refractivity contribution in [3.63, 3.8) is 0 Å². The number of carboxylic acids is 1. The minimum absolute atomic E-state index is 0.180. The van der Waals surface area contributed by atoms with Gasteiger partial charge in [0, 0.05) is 37.2 Å². The van der Waals surface area contributed by atoms with Gasteiger partial charge in [-0.2, -0.15) is 0 Å². The Hall–Kier alpha value is -2.28. The molecule has 1 N–H and O–H groups in total. The van der Waals surface area contributed by atoms with Crippen LogP contribution in [0.2, 0.25) is 0 Å². The Morgan fingerprint density at radius 3 is 2.46 bits per heavy atom. The van der Waals surface area contributed by atoms with E-state index in [-0.39, 0.29) is 18.4 Å². The molecule has 0 aromatic heterocycles. The summed E-state index contributed by atoms with van der Waals surface area (Å²) in [6, 6.07) is 4.96. The zero-order valence-electron chi connectivity index (χ0n) is 13.8. The number of nitrogens with zero attached hydrogens (tertiary/aromatic N) is 1. The molecule has 1 aromatic carbocycles. The van der Waals surface area contributed by atoms with Crippen LogP contribution in [0.4, 0.5) is 0 Å². The van der Waals surface area contributed by atoms with Crippen LogP contribution in [-0.4, -0.2) is 62.4 Å². The van der Waals surface area contributed by atoms with E-state index in [0.717, 1.165) is 0 Å². The zero-order chi connectivity index (χ0) is 17.3. The van der Waals surface area contributed by atoms with Crippen LogP contribution in [0.15, 0.2) is 18.2 Å². The number of rotatable bonds is 4. The molecule has 7 heteroatoms. The molecule has 0 spiro atoms. The summed E-state index contributed by atoms with van der Waals surface area (Å²) in [6.45, 7) is 1.37. The Kier molecular flexibility index (Phi) is 4.36. The van der Waals surface area contributed by atoms with Gasteiger partial charge in [-0.05, 0) is 18.6 Å². The Bertz CT molecular complexity index is 638. The van der Waals surface area contributed by atoms with Gasteiger partial charge in [-0.15, -0.1) is 0 Å². The number of likely N-dealkylation sites (tertiary alicyclic amines) is 1. The number of aliphatic carboxylic acids is 1. The summed E-state index contributed by atoms with van der Waals surface area (Å²) in [5.41, 5.74) is -0.483. The number of ether oxygens (including phenoxy) is 3. The zero-order valence-corrected chi connectivity index (χ0v) is 13.8. The molecule has 2 aliphatic rings. The predicted octanol–water partition coefficient (Wildman–Crippen LogP) is 1.27. The molecule has 130 valence electrons. The molecule has 24 heavy (non-hydrogen) atoms. The fourth-order valence-corrected chi connectivity index (χ4v) is 3.57. The summed E-state index contributed by atoms with van der Waals surface area (Å²) in [5, 5.41) is 9.70. The molecule has 0 aliphatic carbocycles. The van der Waals surface area contributed by atoms with Crippen LogP contribution in [0.1, 0.15) is 16.8 Å². The van der Waals surface area contributed by atoms with E-state index >= 15 is 0 Å². The van der Waals surface area contributed by atoms with Gasteiger partial charge in [0.25, 0.3) is 5.91 Å². The second-order valence-electron chi connectivity index (χ2n) is 6.27. The number of fused-ring (bicyclic) bond motifs is 1. The lowest BCUT2D eigenvalue weighted by Gasteiger charge is -2.33. The van der Waals surface area contributed by atoms with E-state index in [1.54, 1.807) is 23.1 Å². The van der Waals surface area contributed by atoms with Crippen molar-refractivity contribution in [1.82, 2.24) is 4.90 Å². The summed E-state index contributed by atoms with van der Waals surface area (Å²) in [7, 11) is 3.04. The van der Waals surface area contributed by atoms with Gasteiger partial charge in [-0.3, -0.25) is 9.59 Å². The maximum Gasteiger partial charge on any atom is 0.311 e. The van der Waals surface area contributed by atoms with E-state index in [0.29, 0.717) is 43.2 Å². The molecule has 1 amide bonds. The molecule has 2 heterocycles. The molecular formula is C17H21NO6. The van der Waals surface area contributed by atoms with E-state index in [1.807, 2.05) is 0 Å².